The summed E-state index contributed by atoms with van der Waals surface area (Å²) >= 11 is 0. The Hall–Kier alpha value is -1.05. The van der Waals surface area contributed by atoms with Crippen molar-refractivity contribution in [1.29, 1.82) is 0 Å². The predicted octanol–water partition coefficient (Wildman–Crippen LogP) is -2.40. The van der Waals surface area contributed by atoms with Crippen LogP contribution in [0, 0.1) is 0 Å². The third-order valence-corrected chi connectivity index (χ3v) is 4.16. The first-order chi connectivity index (χ1) is 10.5. The minimum atomic E-state index is -4.84. The van der Waals surface area contributed by atoms with E-state index < -0.39 is 67.5 Å². The second kappa shape index (κ2) is 13.2. The zero-order valence-electron chi connectivity index (χ0n) is 12.7. The van der Waals surface area contributed by atoms with Gasteiger partial charge in [0.25, 0.3) is 20.2 Å². The van der Waals surface area contributed by atoms with Gasteiger partial charge in [0.15, 0.2) is 10.5 Å². The maximum absolute atomic E-state index is 10.2. The predicted molar refractivity (Wildman–Crippen MR) is 70.5 cm³/mol. The minimum absolute atomic E-state index is 0. The molecule has 6 N–H and O–H groups in total. The average Bonchev–Trinajstić information content (AvgIpc) is 2.30. The summed E-state index contributed by atoms with van der Waals surface area (Å²) in [6.45, 7) is 0. The van der Waals surface area contributed by atoms with Crippen LogP contribution in [0.25, 0.3) is 0 Å². The van der Waals surface area contributed by atoms with Crippen molar-refractivity contribution in [1.82, 2.24) is 0 Å². The molecular weight excluding hydrogens is 515 g/mol. The van der Waals surface area contributed by atoms with Gasteiger partial charge in [0.2, 0.25) is 0 Å². The van der Waals surface area contributed by atoms with Gasteiger partial charge < -0.3 is 20.4 Å². The van der Waals surface area contributed by atoms with Gasteiger partial charge in [-0.1, -0.05) is 0 Å². The summed E-state index contributed by atoms with van der Waals surface area (Å²) in [7, 11) is -9.68. The van der Waals surface area contributed by atoms with Crippen molar-refractivity contribution in [2.45, 2.75) is 23.3 Å². The maximum atomic E-state index is 10.2. The van der Waals surface area contributed by atoms with E-state index in [0.29, 0.717) is 0 Å². The van der Waals surface area contributed by atoms with E-state index in [1.807, 2.05) is 0 Å². The second-order valence-electron chi connectivity index (χ2n) is 3.88. The van der Waals surface area contributed by atoms with E-state index in [1.165, 1.54) is 0 Å². The van der Waals surface area contributed by atoms with E-state index in [1.54, 1.807) is 0 Å². The number of carbonyl (C=O) groups is 4. The number of rotatable bonds is 8. The first-order valence-electron chi connectivity index (χ1n) is 5.32. The minimum Gasteiger partial charge on any atom is -0.481 e. The fraction of sp³-hybridized carbons (Fsp3) is 0.500. The van der Waals surface area contributed by atoms with Crippen LogP contribution in [0.1, 0.15) is 12.8 Å². The number of hydrogen-bond acceptors (Lipinski definition) is 8. The molecule has 0 aliphatic heterocycles. The molecule has 26 heavy (non-hydrogen) atoms. The molecule has 144 valence electrons. The normalized spacial score (nSPS) is 12.7. The molecule has 0 aromatic heterocycles. The molecule has 0 amide bonds. The monoisotopic (exact) mass is 524 g/mol. The van der Waals surface area contributed by atoms with Crippen LogP contribution in [0.15, 0.2) is 0 Å². The zero-order chi connectivity index (χ0) is 19.9. The van der Waals surface area contributed by atoms with Gasteiger partial charge in [-0.15, -0.1) is 0 Å². The molecule has 0 spiro atoms. The van der Waals surface area contributed by atoms with Crippen LogP contribution in [0.5, 0.6) is 0 Å². The Balaban J connectivity index is -0.000000173. The molecule has 0 heterocycles. The summed E-state index contributed by atoms with van der Waals surface area (Å²) in [5.41, 5.74) is 0. The van der Waals surface area contributed by atoms with Crippen LogP contribution in [0.3, 0.4) is 0 Å². The van der Waals surface area contributed by atoms with Gasteiger partial charge in [-0.2, -0.15) is 16.8 Å². The topological polar surface area (TPSA) is 258 Å². The van der Waals surface area contributed by atoms with E-state index in [4.69, 9.17) is 29.5 Å². The second-order valence-corrected chi connectivity index (χ2v) is 7.08. The van der Waals surface area contributed by atoms with Crippen LogP contribution >= 0.6 is 0 Å². The van der Waals surface area contributed by atoms with Gasteiger partial charge in [-0.3, -0.25) is 28.3 Å². The van der Waals surface area contributed by atoms with E-state index in [-0.39, 0.29) is 39.0 Å². The van der Waals surface area contributed by atoms with Crippen molar-refractivity contribution in [2.24, 2.45) is 0 Å². The molecule has 0 saturated carbocycles. The van der Waals surface area contributed by atoms with Crippen molar-refractivity contribution in [2.75, 3.05) is 0 Å². The van der Waals surface area contributed by atoms with Gasteiger partial charge in [-0.25, -0.2) is 0 Å². The number of carboxylic acids is 4. The van der Waals surface area contributed by atoms with Crippen LogP contribution < -0.4 is 0 Å². The van der Waals surface area contributed by atoms with E-state index in [2.05, 4.69) is 0 Å². The van der Waals surface area contributed by atoms with E-state index in [0.717, 1.165) is 0 Å². The molecule has 0 bridgehead atoms. The average molecular weight is 527 g/mol. The molecule has 18 heteroatoms. The quantitative estimate of drug-likeness (QED) is 0.142. The van der Waals surface area contributed by atoms with E-state index in [9.17, 15) is 36.0 Å². The van der Waals surface area contributed by atoms with Gasteiger partial charge in [0.1, 0.15) is 0 Å². The van der Waals surface area contributed by atoms with Crippen molar-refractivity contribution in [3.05, 3.63) is 0 Å². The SMILES string of the molecule is O=C(O)CC(C(=O)O)S(=O)(=O)O.O=C(O)CC(C(=O)O)S(=O)(=O)O.[Zn].[Zn]. The Kier molecular flexibility index (Phi) is 16.5. The molecule has 0 fully saturated rings. The molecular formula is C8H12O14S2Zn2. The first-order valence-corrected chi connectivity index (χ1v) is 8.32. The fourth-order valence-electron chi connectivity index (χ4n) is 0.957. The van der Waals surface area contributed by atoms with Crippen LogP contribution in [-0.2, 0) is 78.4 Å². The molecule has 0 saturated heterocycles. The smallest absolute Gasteiger partial charge is 0.325 e. The fourth-order valence-corrected chi connectivity index (χ4v) is 2.17. The molecule has 0 aliphatic rings. The first kappa shape index (κ1) is 32.6. The molecule has 0 rings (SSSR count). The summed E-state index contributed by atoms with van der Waals surface area (Å²) in [6.07, 6.45) is -2.32. The Labute approximate surface area is 171 Å². The third-order valence-electron chi connectivity index (χ3n) is 1.99. The van der Waals surface area contributed by atoms with Crippen LogP contribution in [0.4, 0.5) is 0 Å². The van der Waals surface area contributed by atoms with Crippen molar-refractivity contribution >= 4 is 44.1 Å². The van der Waals surface area contributed by atoms with Gasteiger partial charge >= 0.3 is 23.9 Å². The van der Waals surface area contributed by atoms with Gasteiger partial charge in [-0.05, 0) is 0 Å². The standard InChI is InChI=1S/2C4H6O7S.2Zn/c2*5-3(6)1-2(4(7)8)12(9,10)11;;/h2*2H,1H2,(H,5,6)(H,7,8)(H,9,10,11);;. The summed E-state index contributed by atoms with van der Waals surface area (Å²) in [5.74, 6) is -7.00. The van der Waals surface area contributed by atoms with Crippen LogP contribution in [0.2, 0.25) is 0 Å². The molecule has 2 atom stereocenters. The summed E-state index contributed by atoms with van der Waals surface area (Å²) in [6, 6.07) is 0. The van der Waals surface area contributed by atoms with Gasteiger partial charge in [0.05, 0.1) is 12.8 Å². The Morgan fingerprint density at radius 3 is 0.846 bits per heavy atom. The summed E-state index contributed by atoms with van der Waals surface area (Å²) in [5, 5.41) is 27.8. The van der Waals surface area contributed by atoms with E-state index >= 15 is 0 Å². The van der Waals surface area contributed by atoms with Crippen molar-refractivity contribution in [3.8, 4) is 0 Å². The summed E-state index contributed by atoms with van der Waals surface area (Å²) < 4.78 is 57.3. The van der Waals surface area contributed by atoms with Crippen LogP contribution in [-0.4, -0.2) is 80.7 Å². The third kappa shape index (κ3) is 15.2. The molecule has 0 aliphatic carbocycles. The number of aliphatic carboxylic acids is 4. The van der Waals surface area contributed by atoms with Crippen molar-refractivity contribution in [3.63, 3.8) is 0 Å². The number of carboxylic acid groups (broad SMARTS) is 4. The Bertz CT molecular complexity index is 649. The maximum Gasteiger partial charge on any atom is 0.325 e. The number of hydrogen-bond donors (Lipinski definition) is 6. The largest absolute Gasteiger partial charge is 0.481 e. The molecule has 2 unspecified atom stereocenters. The Morgan fingerprint density at radius 2 is 0.808 bits per heavy atom. The summed E-state index contributed by atoms with van der Waals surface area (Å²) in [4.78, 5) is 40.0. The molecule has 14 nitrogen and oxygen atoms in total. The van der Waals surface area contributed by atoms with Gasteiger partial charge in [0, 0.05) is 39.0 Å². The van der Waals surface area contributed by atoms with Crippen molar-refractivity contribution < 1.29 is 105 Å². The molecule has 0 aromatic carbocycles. The zero-order valence-corrected chi connectivity index (χ0v) is 20.3. The Morgan fingerprint density at radius 1 is 0.615 bits per heavy atom. The molecule has 0 radical (unpaired) electrons. The molecule has 0 aromatic rings.